The van der Waals surface area contributed by atoms with Crippen LogP contribution in [0, 0.1) is 0 Å². The minimum Gasteiger partial charge on any atom is -0.491 e. The summed E-state index contributed by atoms with van der Waals surface area (Å²) >= 11 is 0. The van der Waals surface area contributed by atoms with Crippen molar-refractivity contribution in [3.05, 3.63) is 65.7 Å². The van der Waals surface area contributed by atoms with Gasteiger partial charge in [0.2, 0.25) is 0 Å². The van der Waals surface area contributed by atoms with Crippen molar-refractivity contribution in [2.45, 2.75) is 45.8 Å². The number of carbonyl (C=O) groups excluding carboxylic acids is 1. The van der Waals surface area contributed by atoms with Gasteiger partial charge in [-0.15, -0.1) is 0 Å². The fraction of sp³-hybridized carbons (Fsp3) is 0.350. The van der Waals surface area contributed by atoms with Gasteiger partial charge >= 0.3 is 0 Å². The molecule has 2 unspecified atom stereocenters. The number of nitrogens with one attached hydrogen (secondary N) is 1. The Hall–Kier alpha value is -2.29. The summed E-state index contributed by atoms with van der Waals surface area (Å²) in [5, 5.41) is 3.09. The molecule has 1 amide bonds. The molecular weight excluding hydrogens is 286 g/mol. The Morgan fingerprint density at radius 3 is 2.22 bits per heavy atom. The van der Waals surface area contributed by atoms with E-state index < -0.39 is 0 Å². The Labute approximate surface area is 138 Å². The molecule has 0 aliphatic rings. The molecule has 0 heterocycles. The van der Waals surface area contributed by atoms with Gasteiger partial charge in [0.1, 0.15) is 5.75 Å². The van der Waals surface area contributed by atoms with Crippen LogP contribution >= 0.6 is 0 Å². The first-order chi connectivity index (χ1) is 11.1. The highest BCUT2D eigenvalue weighted by atomic mass is 16.5. The van der Waals surface area contributed by atoms with Crippen LogP contribution in [-0.2, 0) is 0 Å². The average molecular weight is 311 g/mol. The van der Waals surface area contributed by atoms with Crippen LogP contribution < -0.4 is 10.1 Å². The van der Waals surface area contributed by atoms with E-state index >= 15 is 0 Å². The lowest BCUT2D eigenvalue weighted by Gasteiger charge is -2.18. The lowest BCUT2D eigenvalue weighted by Crippen LogP contribution is -2.28. The number of carbonyl (C=O) groups is 1. The van der Waals surface area contributed by atoms with Crippen molar-refractivity contribution in [2.24, 2.45) is 0 Å². The predicted molar refractivity (Wildman–Crippen MR) is 93.8 cm³/mol. The molecule has 0 saturated heterocycles. The van der Waals surface area contributed by atoms with Gasteiger partial charge in [-0.1, -0.05) is 44.2 Å². The first-order valence-corrected chi connectivity index (χ1v) is 8.26. The van der Waals surface area contributed by atoms with Crippen LogP contribution in [0.3, 0.4) is 0 Å². The second-order valence-corrected chi connectivity index (χ2v) is 5.71. The summed E-state index contributed by atoms with van der Waals surface area (Å²) in [5.41, 5.74) is 1.77. The molecule has 0 radical (unpaired) electrons. The Bertz CT molecular complexity index is 607. The van der Waals surface area contributed by atoms with Crippen LogP contribution in [0.2, 0.25) is 0 Å². The molecule has 2 aromatic carbocycles. The second kappa shape index (κ2) is 8.37. The van der Waals surface area contributed by atoms with Gasteiger partial charge in [0.05, 0.1) is 12.1 Å². The molecule has 0 bridgehead atoms. The summed E-state index contributed by atoms with van der Waals surface area (Å²) in [4.78, 5) is 12.4. The van der Waals surface area contributed by atoms with Crippen LogP contribution in [0.4, 0.5) is 0 Å². The predicted octanol–water partition coefficient (Wildman–Crippen LogP) is 4.75. The van der Waals surface area contributed by atoms with E-state index in [4.69, 9.17) is 4.74 Å². The molecule has 23 heavy (non-hydrogen) atoms. The molecule has 0 aliphatic heterocycles. The smallest absolute Gasteiger partial charge is 0.251 e. The van der Waals surface area contributed by atoms with Crippen molar-refractivity contribution in [2.75, 3.05) is 0 Å². The highest BCUT2D eigenvalue weighted by Gasteiger charge is 2.14. The van der Waals surface area contributed by atoms with Gasteiger partial charge in [-0.05, 0) is 49.6 Å². The van der Waals surface area contributed by atoms with Crippen LogP contribution in [0.25, 0.3) is 0 Å². The zero-order valence-electron chi connectivity index (χ0n) is 14.1. The molecule has 2 rings (SSSR count). The van der Waals surface area contributed by atoms with Gasteiger partial charge in [-0.2, -0.15) is 0 Å². The van der Waals surface area contributed by atoms with Gasteiger partial charge in [-0.25, -0.2) is 0 Å². The van der Waals surface area contributed by atoms with E-state index in [1.807, 2.05) is 61.5 Å². The summed E-state index contributed by atoms with van der Waals surface area (Å²) in [5.74, 6) is 0.738. The number of rotatable bonds is 7. The third-order valence-corrected chi connectivity index (χ3v) is 3.94. The normalized spacial score (nSPS) is 13.2. The molecule has 2 atom stereocenters. The maximum Gasteiger partial charge on any atom is 0.251 e. The van der Waals surface area contributed by atoms with E-state index in [-0.39, 0.29) is 18.1 Å². The van der Waals surface area contributed by atoms with Gasteiger partial charge in [0, 0.05) is 5.56 Å². The van der Waals surface area contributed by atoms with E-state index in [2.05, 4.69) is 19.2 Å². The van der Waals surface area contributed by atoms with Crippen molar-refractivity contribution in [1.82, 2.24) is 5.32 Å². The lowest BCUT2D eigenvalue weighted by atomic mass is 10.0. The van der Waals surface area contributed by atoms with Crippen LogP contribution in [0.1, 0.15) is 55.6 Å². The Morgan fingerprint density at radius 1 is 1.00 bits per heavy atom. The summed E-state index contributed by atoms with van der Waals surface area (Å²) in [6, 6.07) is 17.4. The topological polar surface area (TPSA) is 38.3 Å². The number of ether oxygens (including phenoxy) is 1. The zero-order valence-corrected chi connectivity index (χ0v) is 14.1. The van der Waals surface area contributed by atoms with Crippen molar-refractivity contribution in [1.29, 1.82) is 0 Å². The van der Waals surface area contributed by atoms with E-state index in [9.17, 15) is 4.79 Å². The molecule has 0 spiro atoms. The maximum absolute atomic E-state index is 12.4. The highest BCUT2D eigenvalue weighted by molar-refractivity contribution is 5.94. The molecule has 3 heteroatoms. The third-order valence-electron chi connectivity index (χ3n) is 3.94. The fourth-order valence-corrected chi connectivity index (χ4v) is 2.35. The lowest BCUT2D eigenvalue weighted by molar-refractivity contribution is 0.0935. The Morgan fingerprint density at radius 2 is 1.65 bits per heavy atom. The molecule has 2 aromatic rings. The number of hydrogen-bond donors (Lipinski definition) is 1. The van der Waals surface area contributed by atoms with Crippen molar-refractivity contribution >= 4 is 5.91 Å². The van der Waals surface area contributed by atoms with E-state index in [0.29, 0.717) is 5.56 Å². The van der Waals surface area contributed by atoms with Gasteiger partial charge < -0.3 is 10.1 Å². The van der Waals surface area contributed by atoms with Crippen LogP contribution in [-0.4, -0.2) is 12.0 Å². The molecule has 0 fully saturated rings. The molecule has 3 nitrogen and oxygen atoms in total. The fourth-order valence-electron chi connectivity index (χ4n) is 2.35. The van der Waals surface area contributed by atoms with E-state index in [1.54, 1.807) is 0 Å². The molecule has 0 aromatic heterocycles. The molecule has 0 aliphatic carbocycles. The zero-order chi connectivity index (χ0) is 16.7. The van der Waals surface area contributed by atoms with Crippen molar-refractivity contribution < 1.29 is 9.53 Å². The summed E-state index contributed by atoms with van der Waals surface area (Å²) in [6.45, 7) is 6.19. The maximum atomic E-state index is 12.4. The SMILES string of the molecule is CCC(C)Oc1ccc(C(=O)NC(CC)c2ccccc2)cc1. The third kappa shape index (κ3) is 4.85. The Kier molecular flexibility index (Phi) is 6.21. The van der Waals surface area contributed by atoms with E-state index in [1.165, 1.54) is 0 Å². The van der Waals surface area contributed by atoms with Crippen LogP contribution in [0.15, 0.2) is 54.6 Å². The molecular formula is C20H25NO2. The Balaban J connectivity index is 2.02. The highest BCUT2D eigenvalue weighted by Crippen LogP contribution is 2.18. The number of hydrogen-bond acceptors (Lipinski definition) is 2. The molecule has 1 N–H and O–H groups in total. The van der Waals surface area contributed by atoms with E-state index in [0.717, 1.165) is 24.2 Å². The largest absolute Gasteiger partial charge is 0.491 e. The second-order valence-electron chi connectivity index (χ2n) is 5.71. The quantitative estimate of drug-likeness (QED) is 0.801. The van der Waals surface area contributed by atoms with Gasteiger partial charge in [-0.3, -0.25) is 4.79 Å². The summed E-state index contributed by atoms with van der Waals surface area (Å²) in [6.07, 6.45) is 1.99. The van der Waals surface area contributed by atoms with Crippen molar-refractivity contribution in [3.8, 4) is 5.75 Å². The van der Waals surface area contributed by atoms with Crippen LogP contribution in [0.5, 0.6) is 5.75 Å². The minimum absolute atomic E-state index is 0.0275. The molecule has 122 valence electrons. The van der Waals surface area contributed by atoms with Crippen molar-refractivity contribution in [3.63, 3.8) is 0 Å². The van der Waals surface area contributed by atoms with Gasteiger partial charge in [0.15, 0.2) is 0 Å². The summed E-state index contributed by atoms with van der Waals surface area (Å²) in [7, 11) is 0. The molecule has 0 saturated carbocycles. The number of amides is 1. The standard InChI is InChI=1S/C20H25NO2/c1-4-15(3)23-18-13-11-17(12-14-18)20(22)21-19(5-2)16-9-7-6-8-10-16/h6-15,19H,4-5H2,1-3H3,(H,21,22). The minimum atomic E-state index is -0.0595. The number of benzene rings is 2. The average Bonchev–Trinajstić information content (AvgIpc) is 2.60. The first-order valence-electron chi connectivity index (χ1n) is 8.26. The first kappa shape index (κ1) is 17.1. The summed E-state index contributed by atoms with van der Waals surface area (Å²) < 4.78 is 5.74. The van der Waals surface area contributed by atoms with Gasteiger partial charge in [0.25, 0.3) is 5.91 Å². The monoisotopic (exact) mass is 311 g/mol.